The second-order valence-electron chi connectivity index (χ2n) is 18.0. The predicted molar refractivity (Wildman–Crippen MR) is 290 cm³/mol. The molecule has 0 aliphatic heterocycles. The summed E-state index contributed by atoms with van der Waals surface area (Å²) in [5, 5.41) is 19.7. The van der Waals surface area contributed by atoms with Crippen LogP contribution in [0.1, 0.15) is 5.56 Å². The summed E-state index contributed by atoms with van der Waals surface area (Å²) in [5.41, 5.74) is 14.9. The molecule has 324 valence electrons. The lowest BCUT2D eigenvalue weighted by molar-refractivity contribution is 1.08. The van der Waals surface area contributed by atoms with Crippen LogP contribution in [-0.2, 0) is 0 Å². The maximum Gasteiger partial charge on any atom is 0.162 e. The Balaban J connectivity index is 1.03. The van der Waals surface area contributed by atoms with Crippen LogP contribution in [0.2, 0.25) is 0 Å². The third kappa shape index (κ3) is 6.18. The third-order valence-electron chi connectivity index (χ3n) is 14.2. The Hall–Kier alpha value is -9.63. The van der Waals surface area contributed by atoms with Crippen molar-refractivity contribution in [2.45, 2.75) is 0 Å². The summed E-state index contributed by atoms with van der Waals surface area (Å²) in [5.74, 6) is 1.40. The average Bonchev–Trinajstić information content (AvgIpc) is 3.94. The van der Waals surface area contributed by atoms with Gasteiger partial charge in [0.2, 0.25) is 0 Å². The molecule has 5 nitrogen and oxygen atoms in total. The van der Waals surface area contributed by atoms with Gasteiger partial charge < -0.3 is 4.57 Å². The van der Waals surface area contributed by atoms with Crippen molar-refractivity contribution in [1.82, 2.24) is 19.1 Å². The van der Waals surface area contributed by atoms with E-state index in [-0.39, 0.29) is 0 Å². The van der Waals surface area contributed by atoms with Crippen molar-refractivity contribution in [3.63, 3.8) is 0 Å². The summed E-state index contributed by atoms with van der Waals surface area (Å²) < 4.78 is 4.72. The van der Waals surface area contributed by atoms with Crippen LogP contribution in [0.3, 0.4) is 0 Å². The minimum Gasteiger partial charge on any atom is -0.309 e. The van der Waals surface area contributed by atoms with Gasteiger partial charge in [-0.3, -0.25) is 4.57 Å². The molecule has 0 fully saturated rings. The summed E-state index contributed by atoms with van der Waals surface area (Å²) in [6.07, 6.45) is 0. The molecule has 5 heteroatoms. The largest absolute Gasteiger partial charge is 0.309 e. The van der Waals surface area contributed by atoms with Gasteiger partial charge in [0.25, 0.3) is 0 Å². The van der Waals surface area contributed by atoms with E-state index in [1.807, 2.05) is 30.3 Å². The number of para-hydroxylation sites is 1. The molecular formula is C65H39N5. The smallest absolute Gasteiger partial charge is 0.162 e. The van der Waals surface area contributed by atoms with Crippen molar-refractivity contribution in [3.05, 3.63) is 242 Å². The van der Waals surface area contributed by atoms with Gasteiger partial charge in [-0.25, -0.2) is 9.97 Å². The molecule has 70 heavy (non-hydrogen) atoms. The number of aromatic nitrogens is 4. The summed E-state index contributed by atoms with van der Waals surface area (Å²) in [7, 11) is 0. The highest BCUT2D eigenvalue weighted by Crippen LogP contribution is 2.42. The molecule has 0 aliphatic rings. The van der Waals surface area contributed by atoms with Crippen molar-refractivity contribution in [2.24, 2.45) is 0 Å². The zero-order chi connectivity index (χ0) is 46.3. The Morgan fingerprint density at radius 1 is 0.329 bits per heavy atom. The summed E-state index contributed by atoms with van der Waals surface area (Å²) in [6, 6.07) is 86.5. The minimum atomic E-state index is 0.602. The van der Waals surface area contributed by atoms with Crippen molar-refractivity contribution >= 4 is 76.1 Å². The number of benzene rings is 11. The zero-order valence-corrected chi connectivity index (χ0v) is 37.8. The Bertz CT molecular complexity index is 4470. The van der Waals surface area contributed by atoms with Gasteiger partial charge in [-0.05, 0) is 123 Å². The lowest BCUT2D eigenvalue weighted by atomic mass is 9.98. The normalized spacial score (nSPS) is 11.7. The van der Waals surface area contributed by atoms with E-state index >= 15 is 0 Å². The first-order valence-corrected chi connectivity index (χ1v) is 23.6. The molecule has 0 saturated heterocycles. The van der Waals surface area contributed by atoms with Crippen LogP contribution in [0.4, 0.5) is 0 Å². The molecule has 3 heterocycles. The van der Waals surface area contributed by atoms with Gasteiger partial charge in [0, 0.05) is 49.0 Å². The average molecular weight is 890 g/mol. The number of fused-ring (bicyclic) bond motifs is 10. The van der Waals surface area contributed by atoms with Gasteiger partial charge in [0.1, 0.15) is 5.82 Å². The molecule has 0 amide bonds. The van der Waals surface area contributed by atoms with E-state index < -0.39 is 0 Å². The Morgan fingerprint density at radius 2 is 0.800 bits per heavy atom. The van der Waals surface area contributed by atoms with Crippen LogP contribution in [0, 0.1) is 11.3 Å². The molecule has 0 aliphatic carbocycles. The van der Waals surface area contributed by atoms with Crippen molar-refractivity contribution in [2.75, 3.05) is 0 Å². The summed E-state index contributed by atoms with van der Waals surface area (Å²) >= 11 is 0. The van der Waals surface area contributed by atoms with E-state index in [0.717, 1.165) is 99.1 Å². The predicted octanol–water partition coefficient (Wildman–Crippen LogP) is 16.7. The van der Waals surface area contributed by atoms with E-state index in [1.54, 1.807) is 0 Å². The van der Waals surface area contributed by atoms with Crippen molar-refractivity contribution in [3.8, 4) is 62.3 Å². The van der Waals surface area contributed by atoms with E-state index in [0.29, 0.717) is 11.4 Å². The first kappa shape index (κ1) is 39.5. The van der Waals surface area contributed by atoms with Crippen LogP contribution in [-0.4, -0.2) is 19.1 Å². The van der Waals surface area contributed by atoms with Gasteiger partial charge in [0.05, 0.1) is 39.2 Å². The van der Waals surface area contributed by atoms with Gasteiger partial charge in [-0.1, -0.05) is 158 Å². The fourth-order valence-electron chi connectivity index (χ4n) is 10.8. The molecule has 0 atom stereocenters. The molecular weight excluding hydrogens is 851 g/mol. The van der Waals surface area contributed by atoms with E-state index in [4.69, 9.17) is 9.97 Å². The quantitative estimate of drug-likeness (QED) is 0.156. The van der Waals surface area contributed by atoms with Crippen LogP contribution >= 0.6 is 0 Å². The highest BCUT2D eigenvalue weighted by atomic mass is 15.1. The Morgan fingerprint density at radius 3 is 1.36 bits per heavy atom. The maximum absolute atomic E-state index is 10.1. The maximum atomic E-state index is 10.1. The number of hydrogen-bond donors (Lipinski definition) is 0. The van der Waals surface area contributed by atoms with Crippen molar-refractivity contribution in [1.29, 1.82) is 5.26 Å². The van der Waals surface area contributed by atoms with E-state index in [9.17, 15) is 5.26 Å². The number of nitrogens with zero attached hydrogens (tertiary/aromatic N) is 5. The Labute approximate surface area is 403 Å². The third-order valence-corrected chi connectivity index (χ3v) is 14.2. The second kappa shape index (κ2) is 15.7. The Kier molecular flexibility index (Phi) is 8.89. The molecule has 0 radical (unpaired) electrons. The molecule has 11 aromatic carbocycles. The minimum absolute atomic E-state index is 0.602. The summed E-state index contributed by atoms with van der Waals surface area (Å²) in [6.45, 7) is 0. The number of rotatable bonds is 6. The lowest BCUT2D eigenvalue weighted by Gasteiger charge is -2.15. The van der Waals surface area contributed by atoms with Gasteiger partial charge >= 0.3 is 0 Å². The van der Waals surface area contributed by atoms with Crippen LogP contribution in [0.15, 0.2) is 237 Å². The lowest BCUT2D eigenvalue weighted by Crippen LogP contribution is -2.03. The number of nitriles is 1. The van der Waals surface area contributed by atoms with Gasteiger partial charge in [-0.15, -0.1) is 0 Å². The fourth-order valence-corrected chi connectivity index (χ4v) is 10.8. The molecule has 0 saturated carbocycles. The highest BCUT2D eigenvalue weighted by molar-refractivity contribution is 6.16. The molecule has 14 rings (SSSR count). The van der Waals surface area contributed by atoms with Gasteiger partial charge in [0.15, 0.2) is 5.82 Å². The van der Waals surface area contributed by atoms with Crippen molar-refractivity contribution < 1.29 is 0 Å². The molecule has 3 aromatic heterocycles. The molecule has 0 N–H and O–H groups in total. The SMILES string of the molecule is N#Cc1ccc(-c2nc(-n3c4ccc(-c5ccccc5)cc4c4cc(-c5ccc6c(c5)c5cc(-c7ccccc7)ccc5n6-c5ccccc5)ccc43)c3ccc4ccccc4c3n2)c2ccccc12. The van der Waals surface area contributed by atoms with E-state index in [1.165, 1.54) is 27.4 Å². The van der Waals surface area contributed by atoms with Crippen LogP contribution < -0.4 is 0 Å². The summed E-state index contributed by atoms with van der Waals surface area (Å²) in [4.78, 5) is 11.0. The molecule has 0 unspecified atom stereocenters. The second-order valence-corrected chi connectivity index (χ2v) is 18.0. The topological polar surface area (TPSA) is 59.4 Å². The highest BCUT2D eigenvalue weighted by Gasteiger charge is 2.22. The van der Waals surface area contributed by atoms with Crippen LogP contribution in [0.5, 0.6) is 0 Å². The molecule has 0 bridgehead atoms. The first-order valence-electron chi connectivity index (χ1n) is 23.6. The first-order chi connectivity index (χ1) is 34.7. The zero-order valence-electron chi connectivity index (χ0n) is 37.8. The monoisotopic (exact) mass is 889 g/mol. The van der Waals surface area contributed by atoms with Gasteiger partial charge in [-0.2, -0.15) is 5.26 Å². The number of hydrogen-bond acceptors (Lipinski definition) is 3. The fraction of sp³-hybridized carbons (Fsp3) is 0. The van der Waals surface area contributed by atoms with E-state index in [2.05, 4.69) is 221 Å². The standard InChI is InChI=1S/C65H39N5/c66-40-48-25-30-53(52-23-13-12-21-50(48)52)64-67-63-51-22-11-10-18-43(51)24-31-54(63)65(68-64)70-61-34-27-45(42-16-6-2-7-17-42)37-57(61)58-39-47(29-35-62(58)70)46-28-33-60-56(38-46)55-36-44(41-14-4-1-5-15-41)26-32-59(55)69(60)49-19-8-3-9-20-49/h1-39H. The molecule has 0 spiro atoms. The van der Waals surface area contributed by atoms with Crippen LogP contribution in [0.25, 0.3) is 132 Å². The molecule has 14 aromatic rings.